The molecular weight excluding hydrogens is 474 g/mol. The maximum Gasteiger partial charge on any atom is 0.337 e. The van der Waals surface area contributed by atoms with Crippen LogP contribution in [0.2, 0.25) is 0 Å². The van der Waals surface area contributed by atoms with Crippen LogP contribution in [0.5, 0.6) is 5.75 Å². The summed E-state index contributed by atoms with van der Waals surface area (Å²) in [5.41, 5.74) is 8.73. The lowest BCUT2D eigenvalue weighted by Gasteiger charge is -2.44. The van der Waals surface area contributed by atoms with Crippen molar-refractivity contribution in [1.82, 2.24) is 20.3 Å². The summed E-state index contributed by atoms with van der Waals surface area (Å²) in [5, 5.41) is 13.4. The largest absolute Gasteiger partial charge is 0.497 e. The number of hydrogen-bond donors (Lipinski definition) is 4. The van der Waals surface area contributed by atoms with Crippen LogP contribution in [-0.2, 0) is 22.4 Å². The second-order valence-electron chi connectivity index (χ2n) is 10.7. The van der Waals surface area contributed by atoms with Crippen LogP contribution < -0.4 is 15.8 Å². The summed E-state index contributed by atoms with van der Waals surface area (Å²) < 4.78 is 11.0. The van der Waals surface area contributed by atoms with E-state index in [9.17, 15) is 14.7 Å². The lowest BCUT2D eigenvalue weighted by molar-refractivity contribution is -0.159. The number of fused-ring (bicyclic) bond motifs is 3. The molecule has 37 heavy (non-hydrogen) atoms. The highest BCUT2D eigenvalue weighted by Crippen LogP contribution is 2.41. The highest BCUT2D eigenvalue weighted by atomic mass is 16.6. The summed E-state index contributed by atoms with van der Waals surface area (Å²) in [7, 11) is 1.60. The molecule has 0 amide bonds. The van der Waals surface area contributed by atoms with E-state index in [1.807, 2.05) is 24.3 Å². The zero-order valence-electron chi connectivity index (χ0n) is 21.3. The molecule has 0 spiro atoms. The van der Waals surface area contributed by atoms with Crippen LogP contribution in [0.15, 0.2) is 30.5 Å². The van der Waals surface area contributed by atoms with Crippen molar-refractivity contribution in [3.63, 3.8) is 0 Å². The van der Waals surface area contributed by atoms with Gasteiger partial charge in [-0.15, -0.1) is 0 Å². The number of H-pyrrole nitrogens is 1. The summed E-state index contributed by atoms with van der Waals surface area (Å²) in [5.74, 6) is -1.44. The van der Waals surface area contributed by atoms with Gasteiger partial charge in [-0.1, -0.05) is 0 Å². The van der Waals surface area contributed by atoms with E-state index in [0.717, 1.165) is 16.9 Å². The zero-order valence-corrected chi connectivity index (χ0v) is 21.3. The standard InChI is InChI=1S/C27H31N5O5/c1-26(2,3)37-25(35)19(27(28)12-29-13-27)22-18(24(33)34)17-10-7-15-11-30-23(32-20(15)21(17)31-22)14-5-8-16(36-4)9-6-14/h5-6,8-9,11,19,29,31H,7,10,12-13,28H2,1-4H3,(H,33,34). The third-order valence-corrected chi connectivity index (χ3v) is 6.85. The fraction of sp³-hybridized carbons (Fsp3) is 0.407. The molecule has 5 N–H and O–H groups in total. The van der Waals surface area contributed by atoms with Gasteiger partial charge in [0.25, 0.3) is 0 Å². The second kappa shape index (κ2) is 8.97. The minimum Gasteiger partial charge on any atom is -0.497 e. The monoisotopic (exact) mass is 505 g/mol. The Kier molecular flexibility index (Phi) is 6.04. The van der Waals surface area contributed by atoms with E-state index in [1.54, 1.807) is 34.1 Å². The number of ether oxygens (including phenoxy) is 2. The Morgan fingerprint density at radius 1 is 1.16 bits per heavy atom. The SMILES string of the molecule is COc1ccc(-c2ncc3c(n2)-c2[nH]c(C(C(=O)OC(C)(C)C)C4(N)CNC4)c(C(=O)O)c2CC3)cc1. The third kappa shape index (κ3) is 4.47. The smallest absolute Gasteiger partial charge is 0.337 e. The number of benzene rings is 1. The number of methoxy groups -OCH3 is 1. The van der Waals surface area contributed by atoms with Crippen LogP contribution in [-0.4, -0.2) is 63.3 Å². The van der Waals surface area contributed by atoms with Crippen molar-refractivity contribution < 1.29 is 24.2 Å². The molecule has 5 rings (SSSR count). The molecule has 1 fully saturated rings. The first-order valence-corrected chi connectivity index (χ1v) is 12.2. The van der Waals surface area contributed by atoms with Crippen LogP contribution in [0.1, 0.15) is 53.9 Å². The Morgan fingerprint density at radius 2 is 1.86 bits per heavy atom. The van der Waals surface area contributed by atoms with Crippen LogP contribution in [0.4, 0.5) is 0 Å². The minimum absolute atomic E-state index is 0.0674. The number of aryl methyl sites for hydroxylation is 1. The van der Waals surface area contributed by atoms with Crippen LogP contribution >= 0.6 is 0 Å². The lowest BCUT2D eigenvalue weighted by atomic mass is 9.76. The number of nitrogens with zero attached hydrogens (tertiary/aromatic N) is 2. The number of carbonyl (C=O) groups excluding carboxylic acids is 1. The van der Waals surface area contributed by atoms with Crippen molar-refractivity contribution in [2.24, 2.45) is 5.73 Å². The number of aromatic carboxylic acids is 1. The summed E-state index contributed by atoms with van der Waals surface area (Å²) in [6.45, 7) is 6.04. The van der Waals surface area contributed by atoms with Gasteiger partial charge in [0.2, 0.25) is 0 Å². The van der Waals surface area contributed by atoms with Gasteiger partial charge in [0.05, 0.1) is 29.6 Å². The van der Waals surface area contributed by atoms with Gasteiger partial charge in [-0.3, -0.25) is 4.79 Å². The molecule has 2 aliphatic rings. The fourth-order valence-electron chi connectivity index (χ4n) is 5.04. The van der Waals surface area contributed by atoms with E-state index in [1.165, 1.54) is 0 Å². The molecule has 10 heteroatoms. The summed E-state index contributed by atoms with van der Waals surface area (Å²) in [6, 6.07) is 7.40. The van der Waals surface area contributed by atoms with Crippen molar-refractivity contribution in [1.29, 1.82) is 0 Å². The Bertz CT molecular complexity index is 1370. The number of esters is 1. The van der Waals surface area contributed by atoms with Crippen molar-refractivity contribution in [3.8, 4) is 28.5 Å². The van der Waals surface area contributed by atoms with E-state index in [2.05, 4.69) is 15.3 Å². The Hall–Kier alpha value is -3.76. The van der Waals surface area contributed by atoms with Crippen molar-refractivity contribution >= 4 is 11.9 Å². The molecule has 10 nitrogen and oxygen atoms in total. The predicted octanol–water partition coefficient (Wildman–Crippen LogP) is 2.67. The number of aromatic amines is 1. The number of aromatic nitrogens is 3. The first-order valence-electron chi connectivity index (χ1n) is 12.2. The molecule has 0 saturated carbocycles. The average molecular weight is 506 g/mol. The predicted molar refractivity (Wildman–Crippen MR) is 137 cm³/mol. The maximum absolute atomic E-state index is 13.4. The fourth-order valence-corrected chi connectivity index (χ4v) is 5.04. The first-order chi connectivity index (χ1) is 17.5. The molecule has 3 aromatic rings. The van der Waals surface area contributed by atoms with Crippen LogP contribution in [0.3, 0.4) is 0 Å². The van der Waals surface area contributed by atoms with E-state index in [4.69, 9.17) is 20.2 Å². The first kappa shape index (κ1) is 24.9. The van der Waals surface area contributed by atoms with Crippen LogP contribution in [0.25, 0.3) is 22.8 Å². The number of hydrogen-bond acceptors (Lipinski definition) is 8. The number of rotatable bonds is 6. The molecular formula is C27H31N5O5. The molecule has 1 aliphatic heterocycles. The minimum atomic E-state index is -1.12. The molecule has 1 aliphatic carbocycles. The van der Waals surface area contributed by atoms with Gasteiger partial charge in [-0.05, 0) is 69.0 Å². The number of nitrogens with one attached hydrogen (secondary N) is 2. The quantitative estimate of drug-likeness (QED) is 0.370. The highest BCUT2D eigenvalue weighted by molar-refractivity contribution is 5.97. The molecule has 0 radical (unpaired) electrons. The molecule has 2 aromatic heterocycles. The topological polar surface area (TPSA) is 152 Å². The van der Waals surface area contributed by atoms with E-state index >= 15 is 0 Å². The molecule has 1 saturated heterocycles. The number of carboxylic acid groups (broad SMARTS) is 1. The van der Waals surface area contributed by atoms with Gasteiger partial charge in [0.15, 0.2) is 5.82 Å². The summed E-state index contributed by atoms with van der Waals surface area (Å²) in [4.78, 5) is 38.7. The Labute approximate surface area is 214 Å². The zero-order chi connectivity index (χ0) is 26.5. The summed E-state index contributed by atoms with van der Waals surface area (Å²) in [6.07, 6.45) is 2.83. The summed E-state index contributed by atoms with van der Waals surface area (Å²) >= 11 is 0. The van der Waals surface area contributed by atoms with Crippen molar-refractivity contribution in [3.05, 3.63) is 52.8 Å². The molecule has 1 atom stereocenters. The van der Waals surface area contributed by atoms with Gasteiger partial charge in [-0.2, -0.15) is 0 Å². The van der Waals surface area contributed by atoms with Crippen molar-refractivity contribution in [2.45, 2.75) is 50.7 Å². The number of nitrogens with two attached hydrogens (primary N) is 1. The van der Waals surface area contributed by atoms with Gasteiger partial charge in [0, 0.05) is 30.5 Å². The highest BCUT2D eigenvalue weighted by Gasteiger charge is 2.50. The normalized spacial score (nSPS) is 16.7. The van der Waals surface area contributed by atoms with E-state index in [0.29, 0.717) is 48.7 Å². The average Bonchev–Trinajstić information content (AvgIpc) is 3.21. The Balaban J connectivity index is 1.64. The van der Waals surface area contributed by atoms with Crippen LogP contribution in [0, 0.1) is 0 Å². The van der Waals surface area contributed by atoms with Gasteiger partial charge >= 0.3 is 11.9 Å². The number of carbonyl (C=O) groups is 2. The molecule has 1 unspecified atom stereocenters. The molecule has 3 heterocycles. The van der Waals surface area contributed by atoms with Crippen molar-refractivity contribution in [2.75, 3.05) is 20.2 Å². The lowest BCUT2D eigenvalue weighted by Crippen LogP contribution is -2.70. The maximum atomic E-state index is 13.4. The molecule has 194 valence electrons. The third-order valence-electron chi connectivity index (χ3n) is 6.85. The van der Waals surface area contributed by atoms with Gasteiger partial charge in [0.1, 0.15) is 17.3 Å². The number of carboxylic acids is 1. The second-order valence-corrected chi connectivity index (χ2v) is 10.7. The van der Waals surface area contributed by atoms with E-state index < -0.39 is 29.0 Å². The van der Waals surface area contributed by atoms with Gasteiger partial charge in [-0.25, -0.2) is 14.8 Å². The molecule has 0 bridgehead atoms. The van der Waals surface area contributed by atoms with Gasteiger partial charge < -0.3 is 30.6 Å². The Morgan fingerprint density at radius 3 is 2.43 bits per heavy atom. The molecule has 1 aromatic carbocycles. The van der Waals surface area contributed by atoms with E-state index in [-0.39, 0.29) is 11.3 Å².